The maximum atomic E-state index is 13.2. The van der Waals surface area contributed by atoms with Crippen LogP contribution < -0.4 is 13.9 Å². The van der Waals surface area contributed by atoms with E-state index >= 15 is 0 Å². The first-order valence-corrected chi connectivity index (χ1v) is 12.0. The quantitative estimate of drug-likeness (QED) is 0.556. The van der Waals surface area contributed by atoms with Crippen molar-refractivity contribution in [2.24, 2.45) is 0 Å². The first-order chi connectivity index (χ1) is 15.9. The van der Waals surface area contributed by atoms with Crippen LogP contribution in [0.5, 0.6) is 5.75 Å². The Kier molecular flexibility index (Phi) is 6.50. The zero-order valence-electron chi connectivity index (χ0n) is 18.6. The summed E-state index contributed by atoms with van der Waals surface area (Å²) in [5.74, 6) is 1.35. The maximum Gasteiger partial charge on any atom is 0.264 e. The third kappa shape index (κ3) is 4.78. The molecule has 0 radical (unpaired) electrons. The van der Waals surface area contributed by atoms with Crippen LogP contribution in [0, 0.1) is 0 Å². The van der Waals surface area contributed by atoms with Gasteiger partial charge >= 0.3 is 0 Å². The number of piperazine rings is 1. The fourth-order valence-electron chi connectivity index (χ4n) is 3.74. The van der Waals surface area contributed by atoms with Crippen molar-refractivity contribution in [1.29, 1.82) is 0 Å². The number of amides is 1. The largest absolute Gasteiger partial charge is 0.497 e. The Balaban J connectivity index is 1.48. The Labute approximate surface area is 194 Å². The molecule has 0 unspecified atom stereocenters. The number of carbonyl (C=O) groups is 1. The number of benzene rings is 2. The Morgan fingerprint density at radius 1 is 0.970 bits per heavy atom. The molecule has 1 aliphatic heterocycles. The van der Waals surface area contributed by atoms with E-state index in [9.17, 15) is 13.2 Å². The maximum absolute atomic E-state index is 13.2. The van der Waals surface area contributed by atoms with Gasteiger partial charge in [-0.2, -0.15) is 0 Å². The van der Waals surface area contributed by atoms with Crippen molar-refractivity contribution in [3.8, 4) is 5.75 Å². The van der Waals surface area contributed by atoms with Gasteiger partial charge in [0.2, 0.25) is 0 Å². The van der Waals surface area contributed by atoms with Gasteiger partial charge in [-0.3, -0.25) is 9.10 Å². The van der Waals surface area contributed by atoms with Crippen molar-refractivity contribution in [2.75, 3.05) is 49.5 Å². The van der Waals surface area contributed by atoms with Gasteiger partial charge in [-0.25, -0.2) is 13.4 Å². The topological polar surface area (TPSA) is 83.0 Å². The molecule has 0 N–H and O–H groups in total. The predicted octanol–water partition coefficient (Wildman–Crippen LogP) is 2.88. The number of nitrogens with zero attached hydrogens (tertiary/aromatic N) is 4. The lowest BCUT2D eigenvalue weighted by atomic mass is 10.2. The molecule has 2 aromatic carbocycles. The van der Waals surface area contributed by atoms with Crippen LogP contribution in [-0.2, 0) is 10.0 Å². The highest BCUT2D eigenvalue weighted by Crippen LogP contribution is 2.25. The van der Waals surface area contributed by atoms with Crippen LogP contribution >= 0.6 is 0 Å². The van der Waals surface area contributed by atoms with Crippen molar-refractivity contribution in [3.05, 3.63) is 78.5 Å². The summed E-state index contributed by atoms with van der Waals surface area (Å²) in [6.45, 7) is 2.41. The minimum atomic E-state index is -3.84. The number of sulfonamides is 1. The van der Waals surface area contributed by atoms with Gasteiger partial charge in [0.15, 0.2) is 0 Å². The number of methoxy groups -OCH3 is 1. The molecule has 0 bridgehead atoms. The number of hydrogen-bond donors (Lipinski definition) is 0. The minimum absolute atomic E-state index is 0.0683. The zero-order chi connectivity index (χ0) is 23.4. The molecule has 3 aromatic rings. The molecule has 9 heteroatoms. The van der Waals surface area contributed by atoms with Gasteiger partial charge in [0, 0.05) is 45.0 Å². The number of pyridine rings is 1. The highest BCUT2D eigenvalue weighted by molar-refractivity contribution is 7.92. The molecule has 0 spiro atoms. The SMILES string of the molecule is COc1ccc(N(C)S(=O)(=O)c2cccc(C(=O)N3CCN(c4ccccn4)CC3)c2)cc1. The average molecular weight is 467 g/mol. The summed E-state index contributed by atoms with van der Waals surface area (Å²) in [7, 11) is -0.797. The molecule has 8 nitrogen and oxygen atoms in total. The number of anilines is 2. The second kappa shape index (κ2) is 9.50. The summed E-state index contributed by atoms with van der Waals surface area (Å²) in [5, 5.41) is 0. The van der Waals surface area contributed by atoms with Gasteiger partial charge < -0.3 is 14.5 Å². The zero-order valence-corrected chi connectivity index (χ0v) is 19.4. The number of hydrogen-bond acceptors (Lipinski definition) is 6. The van der Waals surface area contributed by atoms with E-state index < -0.39 is 10.0 Å². The third-order valence-electron chi connectivity index (χ3n) is 5.72. The van der Waals surface area contributed by atoms with Gasteiger partial charge in [-0.15, -0.1) is 0 Å². The Hall–Kier alpha value is -3.59. The molecule has 1 amide bonds. The fraction of sp³-hybridized carbons (Fsp3) is 0.250. The van der Waals surface area contributed by atoms with E-state index in [1.54, 1.807) is 54.6 Å². The summed E-state index contributed by atoms with van der Waals surface area (Å²) < 4.78 is 32.7. The van der Waals surface area contributed by atoms with Crippen LogP contribution in [0.2, 0.25) is 0 Å². The van der Waals surface area contributed by atoms with E-state index in [0.29, 0.717) is 43.2 Å². The monoisotopic (exact) mass is 466 g/mol. The number of carbonyl (C=O) groups excluding carboxylic acids is 1. The molecule has 33 heavy (non-hydrogen) atoms. The molecule has 1 saturated heterocycles. The van der Waals surface area contributed by atoms with Crippen LogP contribution in [0.3, 0.4) is 0 Å². The average Bonchev–Trinajstić information content (AvgIpc) is 2.88. The van der Waals surface area contributed by atoms with Gasteiger partial charge in [-0.05, 0) is 54.6 Å². The van der Waals surface area contributed by atoms with Crippen LogP contribution in [0.25, 0.3) is 0 Å². The van der Waals surface area contributed by atoms with Crippen LogP contribution in [-0.4, -0.2) is 64.5 Å². The van der Waals surface area contributed by atoms with E-state index in [1.165, 1.54) is 23.5 Å². The molecule has 0 aliphatic carbocycles. The normalized spacial score (nSPS) is 14.1. The van der Waals surface area contributed by atoms with Crippen molar-refractivity contribution in [3.63, 3.8) is 0 Å². The van der Waals surface area contributed by atoms with Crippen molar-refractivity contribution in [1.82, 2.24) is 9.88 Å². The summed E-state index contributed by atoms with van der Waals surface area (Å²) in [5.41, 5.74) is 0.851. The van der Waals surface area contributed by atoms with E-state index in [-0.39, 0.29) is 10.8 Å². The van der Waals surface area contributed by atoms with Gasteiger partial charge in [-0.1, -0.05) is 12.1 Å². The molecule has 1 fully saturated rings. The van der Waals surface area contributed by atoms with Crippen LogP contribution in [0.1, 0.15) is 10.4 Å². The standard InChI is InChI=1S/C24H26N4O4S/c1-26(20-9-11-21(32-2)12-10-20)33(30,31)22-7-5-6-19(18-22)24(29)28-16-14-27(15-17-28)23-8-3-4-13-25-23/h3-13,18H,14-17H2,1-2H3. The first kappa shape index (κ1) is 22.6. The highest BCUT2D eigenvalue weighted by atomic mass is 32.2. The summed E-state index contributed by atoms with van der Waals surface area (Å²) in [4.78, 5) is 21.4. The summed E-state index contributed by atoms with van der Waals surface area (Å²) >= 11 is 0. The Bertz CT molecular complexity index is 1210. The van der Waals surface area contributed by atoms with Crippen LogP contribution in [0.15, 0.2) is 77.8 Å². The van der Waals surface area contributed by atoms with Crippen molar-refractivity contribution >= 4 is 27.4 Å². The molecule has 172 valence electrons. The predicted molar refractivity (Wildman–Crippen MR) is 127 cm³/mol. The van der Waals surface area contributed by atoms with Gasteiger partial charge in [0.05, 0.1) is 17.7 Å². The van der Waals surface area contributed by atoms with Crippen molar-refractivity contribution in [2.45, 2.75) is 4.90 Å². The van der Waals surface area contributed by atoms with E-state index in [1.807, 2.05) is 18.2 Å². The van der Waals surface area contributed by atoms with E-state index in [2.05, 4.69) is 9.88 Å². The third-order valence-corrected chi connectivity index (χ3v) is 7.50. The Morgan fingerprint density at radius 3 is 2.33 bits per heavy atom. The molecule has 0 saturated carbocycles. The minimum Gasteiger partial charge on any atom is -0.497 e. The van der Waals surface area contributed by atoms with Crippen molar-refractivity contribution < 1.29 is 17.9 Å². The highest BCUT2D eigenvalue weighted by Gasteiger charge is 2.26. The Morgan fingerprint density at radius 2 is 1.70 bits per heavy atom. The number of ether oxygens (including phenoxy) is 1. The molecule has 0 atom stereocenters. The summed E-state index contributed by atoms with van der Waals surface area (Å²) in [6, 6.07) is 18.7. The lowest BCUT2D eigenvalue weighted by molar-refractivity contribution is 0.0746. The molecular formula is C24H26N4O4S. The summed E-state index contributed by atoms with van der Waals surface area (Å²) in [6.07, 6.45) is 1.75. The van der Waals surface area contributed by atoms with Crippen LogP contribution in [0.4, 0.5) is 11.5 Å². The first-order valence-electron chi connectivity index (χ1n) is 10.6. The molecule has 1 aromatic heterocycles. The van der Waals surface area contributed by atoms with Gasteiger partial charge in [0.1, 0.15) is 11.6 Å². The van der Waals surface area contributed by atoms with E-state index in [0.717, 1.165) is 5.82 Å². The number of rotatable bonds is 6. The lowest BCUT2D eigenvalue weighted by Crippen LogP contribution is -2.49. The van der Waals surface area contributed by atoms with Gasteiger partial charge in [0.25, 0.3) is 15.9 Å². The van der Waals surface area contributed by atoms with E-state index in [4.69, 9.17) is 4.74 Å². The smallest absolute Gasteiger partial charge is 0.264 e. The molecule has 4 rings (SSSR count). The molecular weight excluding hydrogens is 440 g/mol. The molecule has 2 heterocycles. The second-order valence-electron chi connectivity index (χ2n) is 7.67. The molecule has 1 aliphatic rings. The fourth-order valence-corrected chi connectivity index (χ4v) is 4.98. The number of aromatic nitrogens is 1. The lowest BCUT2D eigenvalue weighted by Gasteiger charge is -2.35. The second-order valence-corrected chi connectivity index (χ2v) is 9.63.